The van der Waals surface area contributed by atoms with Crippen molar-refractivity contribution in [3.63, 3.8) is 0 Å². The average molecular weight is 468 g/mol. The first-order valence-electron chi connectivity index (χ1n) is 9.41. The van der Waals surface area contributed by atoms with Crippen LogP contribution in [0.5, 0.6) is 0 Å². The minimum absolute atomic E-state index is 0.116. The minimum Gasteiger partial charge on any atom is -0.333 e. The number of fused-ring (bicyclic) bond motifs is 1. The van der Waals surface area contributed by atoms with Gasteiger partial charge in [-0.15, -0.1) is 16.4 Å². The van der Waals surface area contributed by atoms with Crippen LogP contribution in [0.25, 0.3) is 15.9 Å². The van der Waals surface area contributed by atoms with E-state index in [2.05, 4.69) is 31.2 Å². The molecule has 0 spiro atoms. The molecule has 146 valence electrons. The van der Waals surface area contributed by atoms with Gasteiger partial charge < -0.3 is 4.90 Å². The Kier molecular flexibility index (Phi) is 4.67. The molecule has 1 amide bonds. The van der Waals surface area contributed by atoms with Crippen molar-refractivity contribution in [3.05, 3.63) is 69.4 Å². The van der Waals surface area contributed by atoms with E-state index in [1.165, 1.54) is 0 Å². The highest BCUT2D eigenvalue weighted by Crippen LogP contribution is 2.42. The largest absolute Gasteiger partial charge is 0.333 e. The van der Waals surface area contributed by atoms with Crippen LogP contribution < -0.4 is 0 Å². The van der Waals surface area contributed by atoms with Gasteiger partial charge in [-0.05, 0) is 49.2 Å². The van der Waals surface area contributed by atoms with Crippen LogP contribution in [-0.4, -0.2) is 37.8 Å². The van der Waals surface area contributed by atoms with Gasteiger partial charge in [0, 0.05) is 17.4 Å². The molecule has 2 heterocycles. The van der Waals surface area contributed by atoms with Crippen LogP contribution in [0.1, 0.15) is 39.9 Å². The maximum atomic E-state index is 13.2. The molecule has 1 aliphatic rings. The Morgan fingerprint density at radius 3 is 2.69 bits per heavy atom. The van der Waals surface area contributed by atoms with Crippen LogP contribution in [0.2, 0.25) is 0 Å². The first-order valence-corrected chi connectivity index (χ1v) is 11.0. The van der Waals surface area contributed by atoms with E-state index in [4.69, 9.17) is 0 Å². The fraction of sp³-hybridized carbons (Fsp3) is 0.238. The summed E-state index contributed by atoms with van der Waals surface area (Å²) in [6, 6.07) is 15.9. The Balaban J connectivity index is 1.43. The average Bonchev–Trinajstić information content (AvgIpc) is 3.33. The molecule has 1 aliphatic carbocycles. The van der Waals surface area contributed by atoms with Crippen LogP contribution in [0.3, 0.4) is 0 Å². The van der Waals surface area contributed by atoms with Gasteiger partial charge in [0.25, 0.3) is 5.91 Å². The Morgan fingerprint density at radius 2 is 1.97 bits per heavy atom. The molecule has 2 aromatic heterocycles. The third-order valence-electron chi connectivity index (χ3n) is 5.00. The SMILES string of the molecule is CN(Cc1nc2ccccc2s1)C(=O)c1nnn(-c2ccc(Br)cc2)c1C1CC1. The predicted molar refractivity (Wildman–Crippen MR) is 116 cm³/mol. The molecule has 0 unspecified atom stereocenters. The van der Waals surface area contributed by atoms with Gasteiger partial charge in [0.1, 0.15) is 5.01 Å². The molecule has 0 bridgehead atoms. The van der Waals surface area contributed by atoms with Crippen molar-refractivity contribution >= 4 is 43.4 Å². The van der Waals surface area contributed by atoms with Crippen molar-refractivity contribution in [1.82, 2.24) is 24.9 Å². The standard InChI is InChI=1S/C21H18BrN5OS/c1-26(12-18-23-16-4-2-3-5-17(16)29-18)21(28)19-20(13-6-7-13)27(25-24-19)15-10-8-14(22)9-11-15/h2-5,8-11,13H,6-7,12H2,1H3. The lowest BCUT2D eigenvalue weighted by atomic mass is 10.2. The number of halogens is 1. The molecule has 29 heavy (non-hydrogen) atoms. The van der Waals surface area contributed by atoms with E-state index in [1.54, 1.807) is 23.3 Å². The second-order valence-corrected chi connectivity index (χ2v) is 9.25. The fourth-order valence-corrected chi connectivity index (χ4v) is 4.67. The lowest BCUT2D eigenvalue weighted by Crippen LogP contribution is -2.27. The summed E-state index contributed by atoms with van der Waals surface area (Å²) in [5, 5.41) is 9.50. The van der Waals surface area contributed by atoms with E-state index in [9.17, 15) is 4.79 Å². The molecule has 2 aromatic carbocycles. The molecule has 0 saturated heterocycles. The van der Waals surface area contributed by atoms with Gasteiger partial charge in [0.2, 0.25) is 0 Å². The Labute approximate surface area is 180 Å². The maximum absolute atomic E-state index is 13.2. The molecule has 0 N–H and O–H groups in total. The summed E-state index contributed by atoms with van der Waals surface area (Å²) in [6.07, 6.45) is 2.12. The summed E-state index contributed by atoms with van der Waals surface area (Å²) in [5.74, 6) is 0.220. The molecule has 4 aromatic rings. The number of hydrogen-bond acceptors (Lipinski definition) is 5. The second kappa shape index (κ2) is 7.35. The molecular formula is C21H18BrN5OS. The fourth-order valence-electron chi connectivity index (χ4n) is 3.38. The van der Waals surface area contributed by atoms with Crippen LogP contribution >= 0.6 is 27.3 Å². The first-order chi connectivity index (χ1) is 14.1. The molecule has 5 rings (SSSR count). The van der Waals surface area contributed by atoms with Crippen molar-refractivity contribution in [1.29, 1.82) is 0 Å². The lowest BCUT2D eigenvalue weighted by Gasteiger charge is -2.15. The minimum atomic E-state index is -0.116. The van der Waals surface area contributed by atoms with Crippen LogP contribution in [0.15, 0.2) is 53.0 Å². The van der Waals surface area contributed by atoms with Crippen LogP contribution in [-0.2, 0) is 6.54 Å². The zero-order valence-corrected chi connectivity index (χ0v) is 18.2. The quantitative estimate of drug-likeness (QED) is 0.423. The Bertz CT molecular complexity index is 1160. The maximum Gasteiger partial charge on any atom is 0.276 e. The predicted octanol–water partition coefficient (Wildman–Crippen LogP) is 4.79. The molecular weight excluding hydrogens is 450 g/mol. The second-order valence-electron chi connectivity index (χ2n) is 7.22. The number of rotatable bonds is 5. The van der Waals surface area contributed by atoms with Crippen molar-refractivity contribution in [2.75, 3.05) is 7.05 Å². The van der Waals surface area contributed by atoms with Crippen molar-refractivity contribution in [3.8, 4) is 5.69 Å². The summed E-state index contributed by atoms with van der Waals surface area (Å²) in [6.45, 7) is 0.452. The zero-order valence-electron chi connectivity index (χ0n) is 15.7. The van der Waals surface area contributed by atoms with Gasteiger partial charge in [-0.3, -0.25) is 4.79 Å². The van der Waals surface area contributed by atoms with Crippen molar-refractivity contribution < 1.29 is 4.79 Å². The Hall–Kier alpha value is -2.58. The summed E-state index contributed by atoms with van der Waals surface area (Å²) in [4.78, 5) is 19.5. The number of para-hydroxylation sites is 1. The normalized spacial score (nSPS) is 13.7. The van der Waals surface area contributed by atoms with Gasteiger partial charge >= 0.3 is 0 Å². The molecule has 0 radical (unpaired) electrons. The van der Waals surface area contributed by atoms with E-state index >= 15 is 0 Å². The number of carbonyl (C=O) groups is 1. The van der Waals surface area contributed by atoms with Gasteiger partial charge in [-0.25, -0.2) is 9.67 Å². The third kappa shape index (κ3) is 3.58. The summed E-state index contributed by atoms with van der Waals surface area (Å²) in [7, 11) is 1.80. The van der Waals surface area contributed by atoms with E-state index in [0.717, 1.165) is 43.9 Å². The number of thiazole rings is 1. The number of carbonyl (C=O) groups excluding carboxylic acids is 1. The molecule has 0 atom stereocenters. The summed E-state index contributed by atoms with van der Waals surface area (Å²) >= 11 is 5.07. The van der Waals surface area contributed by atoms with Crippen LogP contribution in [0.4, 0.5) is 0 Å². The highest BCUT2D eigenvalue weighted by Gasteiger charge is 2.35. The highest BCUT2D eigenvalue weighted by molar-refractivity contribution is 9.10. The zero-order chi connectivity index (χ0) is 20.0. The van der Waals surface area contributed by atoms with Crippen molar-refractivity contribution in [2.24, 2.45) is 0 Å². The van der Waals surface area contributed by atoms with E-state index in [0.29, 0.717) is 18.2 Å². The molecule has 6 nitrogen and oxygen atoms in total. The third-order valence-corrected chi connectivity index (χ3v) is 6.55. The van der Waals surface area contributed by atoms with E-state index in [-0.39, 0.29) is 5.91 Å². The van der Waals surface area contributed by atoms with Gasteiger partial charge in [0.15, 0.2) is 5.69 Å². The van der Waals surface area contributed by atoms with Gasteiger partial charge in [-0.2, -0.15) is 0 Å². The first kappa shape index (κ1) is 18.4. The monoisotopic (exact) mass is 467 g/mol. The Morgan fingerprint density at radius 1 is 1.21 bits per heavy atom. The van der Waals surface area contributed by atoms with Crippen LogP contribution in [0, 0.1) is 0 Å². The van der Waals surface area contributed by atoms with Gasteiger partial charge in [0.05, 0.1) is 28.1 Å². The number of hydrogen-bond donors (Lipinski definition) is 0. The van der Waals surface area contributed by atoms with E-state index < -0.39 is 0 Å². The lowest BCUT2D eigenvalue weighted by molar-refractivity contribution is 0.0778. The number of amides is 1. The molecule has 8 heteroatoms. The van der Waals surface area contributed by atoms with E-state index in [1.807, 2.05) is 53.2 Å². The number of benzene rings is 2. The summed E-state index contributed by atoms with van der Waals surface area (Å²) < 4.78 is 3.94. The number of nitrogens with zero attached hydrogens (tertiary/aromatic N) is 5. The van der Waals surface area contributed by atoms with Gasteiger partial charge in [-0.1, -0.05) is 33.3 Å². The smallest absolute Gasteiger partial charge is 0.276 e. The highest BCUT2D eigenvalue weighted by atomic mass is 79.9. The molecule has 1 fully saturated rings. The van der Waals surface area contributed by atoms with Crippen molar-refractivity contribution in [2.45, 2.75) is 25.3 Å². The number of aromatic nitrogens is 4. The summed E-state index contributed by atoms with van der Waals surface area (Å²) in [5.41, 5.74) is 3.23. The molecule has 0 aliphatic heterocycles. The molecule has 1 saturated carbocycles. The topological polar surface area (TPSA) is 63.9 Å².